The second-order valence-electron chi connectivity index (χ2n) is 4.10. The molecule has 0 saturated carbocycles. The van der Waals surface area contributed by atoms with Gasteiger partial charge in [-0.1, -0.05) is 35.4 Å². The molecule has 1 aromatic rings. The van der Waals surface area contributed by atoms with Crippen molar-refractivity contribution in [2.45, 2.75) is 25.7 Å². The van der Waals surface area contributed by atoms with Crippen LogP contribution in [-0.2, 0) is 0 Å². The molecule has 4 nitrogen and oxygen atoms in total. The fraction of sp³-hybridized carbons (Fsp3) is 0.462. The molecule has 1 rings (SSSR count). The molecular weight excluding hydrogens is 345 g/mol. The SMILES string of the molecule is O=C(NCCCCCCI)c1cc(O)cc(O)c1. The van der Waals surface area contributed by atoms with Crippen molar-refractivity contribution >= 4 is 28.5 Å². The number of aromatic hydroxyl groups is 2. The molecule has 18 heavy (non-hydrogen) atoms. The van der Waals surface area contributed by atoms with Crippen molar-refractivity contribution in [1.29, 1.82) is 0 Å². The zero-order valence-electron chi connectivity index (χ0n) is 10.2. The molecule has 0 aliphatic rings. The van der Waals surface area contributed by atoms with Crippen molar-refractivity contribution in [3.05, 3.63) is 23.8 Å². The van der Waals surface area contributed by atoms with Crippen LogP contribution in [0.5, 0.6) is 11.5 Å². The normalized spacial score (nSPS) is 10.3. The molecule has 1 amide bonds. The van der Waals surface area contributed by atoms with Gasteiger partial charge in [0, 0.05) is 18.2 Å². The topological polar surface area (TPSA) is 69.6 Å². The third kappa shape index (κ3) is 5.57. The number of phenolic OH excluding ortho intramolecular Hbond substituents is 2. The summed E-state index contributed by atoms with van der Waals surface area (Å²) in [6, 6.07) is 3.87. The number of amides is 1. The summed E-state index contributed by atoms with van der Waals surface area (Å²) in [6.07, 6.45) is 4.46. The van der Waals surface area contributed by atoms with E-state index < -0.39 is 0 Å². The van der Waals surface area contributed by atoms with E-state index in [1.807, 2.05) is 0 Å². The first kappa shape index (κ1) is 15.1. The Hall–Kier alpha value is -0.980. The predicted molar refractivity (Wildman–Crippen MR) is 79.5 cm³/mol. The van der Waals surface area contributed by atoms with Crippen LogP contribution in [0, 0.1) is 0 Å². The smallest absolute Gasteiger partial charge is 0.251 e. The molecule has 0 radical (unpaired) electrons. The zero-order valence-corrected chi connectivity index (χ0v) is 12.3. The Morgan fingerprint density at radius 3 is 2.28 bits per heavy atom. The van der Waals surface area contributed by atoms with Gasteiger partial charge in [0.05, 0.1) is 0 Å². The van der Waals surface area contributed by atoms with Gasteiger partial charge in [0.25, 0.3) is 5.91 Å². The van der Waals surface area contributed by atoms with Crippen LogP contribution in [0.3, 0.4) is 0 Å². The first-order valence-corrected chi connectivity index (χ1v) is 7.53. The number of hydrogen-bond acceptors (Lipinski definition) is 3. The van der Waals surface area contributed by atoms with Crippen LogP contribution in [0.2, 0.25) is 0 Å². The van der Waals surface area contributed by atoms with E-state index in [9.17, 15) is 15.0 Å². The Morgan fingerprint density at radius 2 is 1.67 bits per heavy atom. The van der Waals surface area contributed by atoms with Gasteiger partial charge in [-0.2, -0.15) is 0 Å². The Bertz CT molecular complexity index is 376. The maximum atomic E-state index is 11.7. The maximum Gasteiger partial charge on any atom is 0.251 e. The molecule has 0 fully saturated rings. The van der Waals surface area contributed by atoms with Crippen molar-refractivity contribution in [3.8, 4) is 11.5 Å². The summed E-state index contributed by atoms with van der Waals surface area (Å²) in [4.78, 5) is 11.7. The van der Waals surface area contributed by atoms with Crippen LogP contribution in [0.15, 0.2) is 18.2 Å². The van der Waals surface area contributed by atoms with Gasteiger partial charge in [-0.3, -0.25) is 4.79 Å². The average Bonchev–Trinajstić information content (AvgIpc) is 2.32. The van der Waals surface area contributed by atoms with Crippen molar-refractivity contribution in [1.82, 2.24) is 5.32 Å². The first-order chi connectivity index (χ1) is 8.63. The molecule has 0 bridgehead atoms. The van der Waals surface area contributed by atoms with Crippen LogP contribution in [0.25, 0.3) is 0 Å². The summed E-state index contributed by atoms with van der Waals surface area (Å²) in [7, 11) is 0. The summed E-state index contributed by atoms with van der Waals surface area (Å²) < 4.78 is 1.17. The molecule has 1 aromatic carbocycles. The minimum Gasteiger partial charge on any atom is -0.508 e. The largest absolute Gasteiger partial charge is 0.508 e. The minimum atomic E-state index is -0.268. The van der Waals surface area contributed by atoms with Gasteiger partial charge in [-0.05, 0) is 29.4 Å². The van der Waals surface area contributed by atoms with Crippen LogP contribution in [-0.4, -0.2) is 27.1 Å². The number of carbonyl (C=O) groups excluding carboxylic acids is 1. The van der Waals surface area contributed by atoms with E-state index in [0.29, 0.717) is 6.54 Å². The van der Waals surface area contributed by atoms with Crippen molar-refractivity contribution in [2.24, 2.45) is 0 Å². The number of unbranched alkanes of at least 4 members (excludes halogenated alkanes) is 3. The van der Waals surface area contributed by atoms with Gasteiger partial charge in [0.15, 0.2) is 0 Å². The van der Waals surface area contributed by atoms with E-state index in [0.717, 1.165) is 12.8 Å². The van der Waals surface area contributed by atoms with E-state index in [1.165, 1.54) is 35.5 Å². The number of benzene rings is 1. The number of hydrogen-bond donors (Lipinski definition) is 3. The number of nitrogens with one attached hydrogen (secondary N) is 1. The summed E-state index contributed by atoms with van der Waals surface area (Å²) in [5.41, 5.74) is 0.278. The van der Waals surface area contributed by atoms with Gasteiger partial charge in [0.2, 0.25) is 0 Å². The predicted octanol–water partition coefficient (Wildman–Crippen LogP) is 2.82. The van der Waals surface area contributed by atoms with Crippen molar-refractivity contribution < 1.29 is 15.0 Å². The summed E-state index contributed by atoms with van der Waals surface area (Å²) in [6.45, 7) is 0.622. The van der Waals surface area contributed by atoms with Gasteiger partial charge in [0.1, 0.15) is 11.5 Å². The molecule has 0 heterocycles. The number of alkyl halides is 1. The third-order valence-electron chi connectivity index (χ3n) is 2.51. The monoisotopic (exact) mass is 363 g/mol. The van der Waals surface area contributed by atoms with E-state index >= 15 is 0 Å². The Morgan fingerprint density at radius 1 is 1.06 bits per heavy atom. The van der Waals surface area contributed by atoms with E-state index in [2.05, 4.69) is 27.9 Å². The molecule has 0 aliphatic heterocycles. The fourth-order valence-corrected chi connectivity index (χ4v) is 2.14. The highest BCUT2D eigenvalue weighted by Crippen LogP contribution is 2.20. The van der Waals surface area contributed by atoms with Crippen LogP contribution >= 0.6 is 22.6 Å². The first-order valence-electron chi connectivity index (χ1n) is 6.00. The molecule has 0 saturated heterocycles. The quantitative estimate of drug-likeness (QED) is 0.396. The van der Waals surface area contributed by atoms with E-state index in [4.69, 9.17) is 0 Å². The molecule has 0 aromatic heterocycles. The molecule has 0 aliphatic carbocycles. The molecule has 100 valence electrons. The standard InChI is InChI=1S/C13H18INO3/c14-5-3-1-2-4-6-15-13(18)10-7-11(16)9-12(17)8-10/h7-9,16-17H,1-6H2,(H,15,18). The number of carbonyl (C=O) groups is 1. The maximum absolute atomic E-state index is 11.7. The lowest BCUT2D eigenvalue weighted by Gasteiger charge is -2.06. The molecule has 0 unspecified atom stereocenters. The van der Waals surface area contributed by atoms with Crippen LogP contribution < -0.4 is 5.32 Å². The number of halogens is 1. The van der Waals surface area contributed by atoms with E-state index in [-0.39, 0.29) is 23.0 Å². The van der Waals surface area contributed by atoms with Crippen LogP contribution in [0.1, 0.15) is 36.0 Å². The van der Waals surface area contributed by atoms with Crippen molar-refractivity contribution in [3.63, 3.8) is 0 Å². The Balaban J connectivity index is 2.32. The number of phenols is 2. The van der Waals surface area contributed by atoms with Gasteiger partial charge >= 0.3 is 0 Å². The zero-order chi connectivity index (χ0) is 13.4. The summed E-state index contributed by atoms with van der Waals surface area (Å²) in [5.74, 6) is -0.487. The third-order valence-corrected chi connectivity index (χ3v) is 3.27. The second-order valence-corrected chi connectivity index (χ2v) is 5.18. The van der Waals surface area contributed by atoms with Gasteiger partial charge < -0.3 is 15.5 Å². The summed E-state index contributed by atoms with van der Waals surface area (Å²) >= 11 is 2.36. The van der Waals surface area contributed by atoms with Gasteiger partial charge in [-0.15, -0.1) is 0 Å². The highest BCUT2D eigenvalue weighted by atomic mass is 127. The number of rotatable bonds is 7. The molecule has 3 N–H and O–H groups in total. The molecule has 0 spiro atoms. The Labute approximate surface area is 121 Å². The molecule has 5 heteroatoms. The molecular formula is C13H18INO3. The second kappa shape index (κ2) is 8.18. The summed E-state index contributed by atoms with van der Waals surface area (Å²) in [5, 5.41) is 21.3. The van der Waals surface area contributed by atoms with Crippen LogP contribution in [0.4, 0.5) is 0 Å². The highest BCUT2D eigenvalue weighted by molar-refractivity contribution is 14.1. The van der Waals surface area contributed by atoms with Crippen molar-refractivity contribution in [2.75, 3.05) is 11.0 Å². The lowest BCUT2D eigenvalue weighted by atomic mass is 10.1. The average molecular weight is 363 g/mol. The highest BCUT2D eigenvalue weighted by Gasteiger charge is 2.07. The lowest BCUT2D eigenvalue weighted by molar-refractivity contribution is 0.0952. The Kier molecular flexibility index (Phi) is 6.85. The van der Waals surface area contributed by atoms with E-state index in [1.54, 1.807) is 0 Å². The molecule has 0 atom stereocenters. The minimum absolute atomic E-state index is 0.109. The fourth-order valence-electron chi connectivity index (χ4n) is 1.60. The van der Waals surface area contributed by atoms with Gasteiger partial charge in [-0.25, -0.2) is 0 Å². The lowest BCUT2D eigenvalue weighted by Crippen LogP contribution is -2.24.